The quantitative estimate of drug-likeness (QED) is 0.627. The first-order valence-electron chi connectivity index (χ1n) is 7.98. The van der Waals surface area contributed by atoms with Gasteiger partial charge in [-0.05, 0) is 48.7 Å². The molecule has 0 spiro atoms. The summed E-state index contributed by atoms with van der Waals surface area (Å²) in [6.45, 7) is 6.47. The van der Waals surface area contributed by atoms with Crippen LogP contribution in [0, 0.1) is 0 Å². The molecule has 0 saturated carbocycles. The minimum absolute atomic E-state index is 0.257. The fraction of sp³-hybridized carbons (Fsp3) is 0.316. The van der Waals surface area contributed by atoms with Gasteiger partial charge in [0.15, 0.2) is 11.5 Å². The van der Waals surface area contributed by atoms with Crippen LogP contribution in [-0.4, -0.2) is 19.6 Å². The van der Waals surface area contributed by atoms with E-state index >= 15 is 0 Å². The monoisotopic (exact) mass is 425 g/mol. The summed E-state index contributed by atoms with van der Waals surface area (Å²) >= 11 is 9.72. The average Bonchev–Trinajstić information content (AvgIpc) is 2.57. The molecule has 0 aliphatic carbocycles. The SMILES string of the molecule is CCOc1c(Cl)cc(C(=O)Nc2ccc(Br)cc2C(C)C)cc1OC. The van der Waals surface area contributed by atoms with Crippen LogP contribution in [-0.2, 0) is 0 Å². The third kappa shape index (κ3) is 4.67. The largest absolute Gasteiger partial charge is 0.493 e. The van der Waals surface area contributed by atoms with Crippen LogP contribution in [0.25, 0.3) is 0 Å². The van der Waals surface area contributed by atoms with Gasteiger partial charge in [0.05, 0.1) is 18.7 Å². The molecule has 0 radical (unpaired) electrons. The van der Waals surface area contributed by atoms with Crippen molar-refractivity contribution in [2.75, 3.05) is 19.0 Å². The van der Waals surface area contributed by atoms with Crippen LogP contribution in [0.2, 0.25) is 5.02 Å². The number of nitrogens with one attached hydrogen (secondary N) is 1. The van der Waals surface area contributed by atoms with Gasteiger partial charge in [-0.1, -0.05) is 41.4 Å². The highest BCUT2D eigenvalue weighted by Gasteiger charge is 2.17. The third-order valence-electron chi connectivity index (χ3n) is 3.66. The Bertz CT molecular complexity index is 778. The predicted octanol–water partition coefficient (Wildman–Crippen LogP) is 5.89. The summed E-state index contributed by atoms with van der Waals surface area (Å²) in [5.74, 6) is 0.882. The van der Waals surface area contributed by atoms with Crippen LogP contribution in [0.15, 0.2) is 34.8 Å². The predicted molar refractivity (Wildman–Crippen MR) is 105 cm³/mol. The van der Waals surface area contributed by atoms with Crippen molar-refractivity contribution in [1.82, 2.24) is 0 Å². The molecule has 134 valence electrons. The zero-order valence-electron chi connectivity index (χ0n) is 14.7. The Balaban J connectivity index is 2.35. The molecular formula is C19H21BrClNO3. The number of methoxy groups -OCH3 is 1. The Hall–Kier alpha value is -1.72. The first kappa shape index (κ1) is 19.6. The molecule has 0 unspecified atom stereocenters. The second kappa shape index (κ2) is 8.59. The number of hydrogen-bond donors (Lipinski definition) is 1. The van der Waals surface area contributed by atoms with E-state index in [-0.39, 0.29) is 11.8 Å². The zero-order valence-corrected chi connectivity index (χ0v) is 17.0. The molecule has 0 heterocycles. The fourth-order valence-corrected chi connectivity index (χ4v) is 3.10. The highest BCUT2D eigenvalue weighted by molar-refractivity contribution is 9.10. The molecule has 0 saturated heterocycles. The van der Waals surface area contributed by atoms with Crippen molar-refractivity contribution in [3.8, 4) is 11.5 Å². The Morgan fingerprint density at radius 3 is 2.60 bits per heavy atom. The normalized spacial score (nSPS) is 10.7. The molecule has 2 aromatic rings. The number of rotatable bonds is 6. The molecule has 4 nitrogen and oxygen atoms in total. The van der Waals surface area contributed by atoms with Gasteiger partial charge in [0.1, 0.15) is 0 Å². The van der Waals surface area contributed by atoms with Crippen LogP contribution in [0.3, 0.4) is 0 Å². The van der Waals surface area contributed by atoms with Gasteiger partial charge in [-0.25, -0.2) is 0 Å². The van der Waals surface area contributed by atoms with Crippen LogP contribution in [0.1, 0.15) is 42.6 Å². The summed E-state index contributed by atoms with van der Waals surface area (Å²) < 4.78 is 11.8. The maximum atomic E-state index is 12.7. The van der Waals surface area contributed by atoms with E-state index in [1.807, 2.05) is 25.1 Å². The van der Waals surface area contributed by atoms with Gasteiger partial charge in [0.25, 0.3) is 5.91 Å². The summed E-state index contributed by atoms with van der Waals surface area (Å²) in [7, 11) is 1.52. The van der Waals surface area contributed by atoms with Gasteiger partial charge in [-0.3, -0.25) is 4.79 Å². The number of amides is 1. The second-order valence-electron chi connectivity index (χ2n) is 5.76. The van der Waals surface area contributed by atoms with E-state index in [4.69, 9.17) is 21.1 Å². The highest BCUT2D eigenvalue weighted by atomic mass is 79.9. The van der Waals surface area contributed by atoms with Crippen molar-refractivity contribution in [1.29, 1.82) is 0 Å². The number of carbonyl (C=O) groups is 1. The number of anilines is 1. The Morgan fingerprint density at radius 2 is 2.00 bits per heavy atom. The molecule has 2 aromatic carbocycles. The van der Waals surface area contributed by atoms with Crippen molar-refractivity contribution in [2.45, 2.75) is 26.7 Å². The smallest absolute Gasteiger partial charge is 0.255 e. The first-order chi connectivity index (χ1) is 11.9. The topological polar surface area (TPSA) is 47.6 Å². The van der Waals surface area contributed by atoms with Crippen LogP contribution in [0.4, 0.5) is 5.69 Å². The van der Waals surface area contributed by atoms with Crippen LogP contribution < -0.4 is 14.8 Å². The highest BCUT2D eigenvalue weighted by Crippen LogP contribution is 2.37. The molecule has 0 aromatic heterocycles. The third-order valence-corrected chi connectivity index (χ3v) is 4.44. The lowest BCUT2D eigenvalue weighted by Crippen LogP contribution is -2.14. The Morgan fingerprint density at radius 1 is 1.28 bits per heavy atom. The van der Waals surface area contributed by atoms with Crippen LogP contribution in [0.5, 0.6) is 11.5 Å². The zero-order chi connectivity index (χ0) is 18.6. The molecule has 2 rings (SSSR count). The summed E-state index contributed by atoms with van der Waals surface area (Å²) in [6.07, 6.45) is 0. The molecule has 0 bridgehead atoms. The molecule has 0 aliphatic rings. The number of carbonyl (C=O) groups excluding carboxylic acids is 1. The molecule has 25 heavy (non-hydrogen) atoms. The molecule has 1 N–H and O–H groups in total. The number of ether oxygens (including phenoxy) is 2. The number of benzene rings is 2. The van der Waals surface area contributed by atoms with Gasteiger partial charge >= 0.3 is 0 Å². The minimum Gasteiger partial charge on any atom is -0.493 e. The van der Waals surface area contributed by atoms with E-state index in [1.165, 1.54) is 7.11 Å². The summed E-state index contributed by atoms with van der Waals surface area (Å²) in [4.78, 5) is 12.7. The summed E-state index contributed by atoms with van der Waals surface area (Å²) in [5.41, 5.74) is 2.22. The second-order valence-corrected chi connectivity index (χ2v) is 7.09. The fourth-order valence-electron chi connectivity index (χ4n) is 2.45. The van der Waals surface area contributed by atoms with E-state index in [1.54, 1.807) is 12.1 Å². The van der Waals surface area contributed by atoms with Crippen molar-refractivity contribution >= 4 is 39.1 Å². The Labute approximate surface area is 161 Å². The lowest BCUT2D eigenvalue weighted by molar-refractivity contribution is 0.102. The Kier molecular flexibility index (Phi) is 6.73. The standard InChI is InChI=1S/C19H21BrClNO3/c1-5-25-18-15(21)8-12(9-17(18)24-4)19(23)22-16-7-6-13(20)10-14(16)11(2)3/h6-11H,5H2,1-4H3,(H,22,23). The number of hydrogen-bond acceptors (Lipinski definition) is 3. The number of halogens is 2. The van der Waals surface area contributed by atoms with E-state index in [0.29, 0.717) is 28.7 Å². The van der Waals surface area contributed by atoms with E-state index in [9.17, 15) is 4.79 Å². The van der Waals surface area contributed by atoms with Gasteiger partial charge in [-0.2, -0.15) is 0 Å². The van der Waals surface area contributed by atoms with Gasteiger partial charge in [-0.15, -0.1) is 0 Å². The maximum absolute atomic E-state index is 12.7. The maximum Gasteiger partial charge on any atom is 0.255 e. The van der Waals surface area contributed by atoms with Gasteiger partial charge in [0.2, 0.25) is 0 Å². The summed E-state index contributed by atoms with van der Waals surface area (Å²) in [5, 5.41) is 3.29. The molecule has 0 aliphatic heterocycles. The first-order valence-corrected chi connectivity index (χ1v) is 9.15. The van der Waals surface area contributed by atoms with Crippen molar-refractivity contribution in [3.63, 3.8) is 0 Å². The minimum atomic E-state index is -0.257. The lowest BCUT2D eigenvalue weighted by Gasteiger charge is -2.16. The molecule has 1 amide bonds. The van der Waals surface area contributed by atoms with E-state index in [2.05, 4.69) is 35.1 Å². The van der Waals surface area contributed by atoms with Crippen molar-refractivity contribution < 1.29 is 14.3 Å². The molecule has 0 fully saturated rings. The molecule has 0 atom stereocenters. The molecular weight excluding hydrogens is 406 g/mol. The van der Waals surface area contributed by atoms with Crippen LogP contribution >= 0.6 is 27.5 Å². The lowest BCUT2D eigenvalue weighted by atomic mass is 10.0. The average molecular weight is 427 g/mol. The molecule has 6 heteroatoms. The van der Waals surface area contributed by atoms with Crippen molar-refractivity contribution in [2.24, 2.45) is 0 Å². The van der Waals surface area contributed by atoms with E-state index < -0.39 is 0 Å². The van der Waals surface area contributed by atoms with Gasteiger partial charge in [0, 0.05) is 15.7 Å². The van der Waals surface area contributed by atoms with Crippen molar-refractivity contribution in [3.05, 3.63) is 51.0 Å². The van der Waals surface area contributed by atoms with Gasteiger partial charge < -0.3 is 14.8 Å². The summed E-state index contributed by atoms with van der Waals surface area (Å²) in [6, 6.07) is 8.99. The van der Waals surface area contributed by atoms with E-state index in [0.717, 1.165) is 15.7 Å².